The lowest BCUT2D eigenvalue weighted by Crippen LogP contribution is -2.40. The molecule has 6 aromatic carbocycles. The van der Waals surface area contributed by atoms with Gasteiger partial charge in [-0.3, -0.25) is 14.4 Å². The predicted molar refractivity (Wildman–Crippen MR) is 377 cm³/mol. The Kier molecular flexibility index (Phi) is 19.1. The standard InChI is InChI=1S/2C25H24N6O2.C25H23N5O2/c2*1-2-21(32)30-14-6-7-18(15-30)31-25-22(24(26)27-16-28-25)23(29-31)17-10-12-20(13-11-17)33-19-8-4-3-5-9-19;1-2-21(31)17-8-11-18(14-17)30-25-22(24(26)27-15-28-25)23(29-30)16-9-12-20(13-10-16)32-19-6-4-3-5-7-19/h2*2-5,8-13,16,18H,1,6-7,14-15H2,(H2,26,27,28);2-7,9-10,12-13,15,17-18H,1,8,11,14H2,(H2,26,27,28). The first-order chi connectivity index (χ1) is 47.9. The maximum atomic E-state index is 12.2. The van der Waals surface area contributed by atoms with Gasteiger partial charge in [0.05, 0.1) is 34.3 Å². The molecule has 2 aliphatic heterocycles. The van der Waals surface area contributed by atoms with Crippen molar-refractivity contribution in [3.63, 3.8) is 0 Å². The normalized spacial score (nSPS) is 16.7. The molecule has 1 saturated carbocycles. The maximum absolute atomic E-state index is 12.2. The minimum Gasteiger partial charge on any atom is -0.457 e. The highest BCUT2D eigenvalue weighted by Crippen LogP contribution is 2.41. The van der Waals surface area contributed by atoms with Crippen LogP contribution in [0.25, 0.3) is 66.9 Å². The van der Waals surface area contributed by atoms with E-state index in [4.69, 9.17) is 46.7 Å². The van der Waals surface area contributed by atoms with Crippen LogP contribution in [0.1, 0.15) is 63.1 Å². The number of ketones is 1. The second kappa shape index (κ2) is 29.1. The quantitative estimate of drug-likeness (QED) is 0.0757. The molecule has 15 rings (SSSR count). The van der Waals surface area contributed by atoms with E-state index in [1.807, 2.05) is 178 Å². The number of nitrogens with zero attached hydrogens (tertiary/aromatic N) is 14. The van der Waals surface area contributed by atoms with Gasteiger partial charge in [0.15, 0.2) is 22.7 Å². The fourth-order valence-electron chi connectivity index (χ4n) is 12.8. The van der Waals surface area contributed by atoms with Gasteiger partial charge in [-0.1, -0.05) is 74.3 Å². The van der Waals surface area contributed by atoms with E-state index in [-0.39, 0.29) is 41.6 Å². The van der Waals surface area contributed by atoms with Crippen molar-refractivity contribution in [1.82, 2.24) is 69.0 Å². The van der Waals surface area contributed by atoms with Crippen LogP contribution in [0.15, 0.2) is 221 Å². The van der Waals surface area contributed by atoms with Crippen LogP contribution in [0, 0.1) is 5.92 Å². The molecule has 6 N–H and O–H groups in total. The number of para-hydroxylation sites is 3. The van der Waals surface area contributed by atoms with Crippen LogP contribution in [0.3, 0.4) is 0 Å². The number of rotatable bonds is 16. The maximum Gasteiger partial charge on any atom is 0.246 e. The molecule has 98 heavy (non-hydrogen) atoms. The smallest absolute Gasteiger partial charge is 0.246 e. The van der Waals surface area contributed by atoms with E-state index >= 15 is 0 Å². The van der Waals surface area contributed by atoms with Gasteiger partial charge < -0.3 is 41.2 Å². The molecule has 492 valence electrons. The van der Waals surface area contributed by atoms with E-state index < -0.39 is 0 Å². The van der Waals surface area contributed by atoms with Crippen molar-refractivity contribution in [2.24, 2.45) is 5.92 Å². The summed E-state index contributed by atoms with van der Waals surface area (Å²) >= 11 is 0. The van der Waals surface area contributed by atoms with Crippen LogP contribution in [-0.2, 0) is 14.4 Å². The summed E-state index contributed by atoms with van der Waals surface area (Å²) in [7, 11) is 0. The zero-order valence-corrected chi connectivity index (χ0v) is 53.7. The van der Waals surface area contributed by atoms with Crippen molar-refractivity contribution >= 4 is 68.2 Å². The summed E-state index contributed by atoms with van der Waals surface area (Å²) in [6.07, 6.45) is 14.4. The summed E-state index contributed by atoms with van der Waals surface area (Å²) in [6.45, 7) is 13.4. The minimum absolute atomic E-state index is 0.00566. The molecule has 4 atom stereocenters. The molecule has 0 spiro atoms. The molecule has 4 unspecified atom stereocenters. The average Bonchev–Trinajstić information content (AvgIpc) is 1.62. The lowest BCUT2D eigenvalue weighted by Gasteiger charge is -2.32. The van der Waals surface area contributed by atoms with E-state index in [1.165, 1.54) is 37.2 Å². The average molecular weight is 1310 g/mol. The monoisotopic (exact) mass is 1310 g/mol. The number of likely N-dealkylation sites (tertiary alicyclic amines) is 2. The first kappa shape index (κ1) is 64.3. The Balaban J connectivity index is 0.000000132. The van der Waals surface area contributed by atoms with Crippen molar-refractivity contribution in [3.8, 4) is 68.3 Å². The lowest BCUT2D eigenvalue weighted by atomic mass is 10.0. The molecule has 6 aromatic heterocycles. The number of piperidine rings is 2. The number of hydrogen-bond acceptors (Lipinski definition) is 18. The Morgan fingerprint density at radius 1 is 0.398 bits per heavy atom. The van der Waals surface area contributed by atoms with Crippen LogP contribution >= 0.6 is 0 Å². The second-order valence-corrected chi connectivity index (χ2v) is 23.9. The van der Waals surface area contributed by atoms with E-state index in [0.717, 1.165) is 107 Å². The highest BCUT2D eigenvalue weighted by Gasteiger charge is 2.34. The van der Waals surface area contributed by atoms with Gasteiger partial charge in [-0.15, -0.1) is 0 Å². The van der Waals surface area contributed by atoms with E-state index in [2.05, 4.69) is 49.6 Å². The van der Waals surface area contributed by atoms with E-state index in [0.29, 0.717) is 82.7 Å². The number of hydrogen-bond donors (Lipinski definition) is 3. The van der Waals surface area contributed by atoms with Crippen molar-refractivity contribution in [2.75, 3.05) is 43.4 Å². The van der Waals surface area contributed by atoms with Gasteiger partial charge in [0.1, 0.15) is 88.0 Å². The predicted octanol–water partition coefficient (Wildman–Crippen LogP) is 13.4. The Morgan fingerprint density at radius 3 is 1.05 bits per heavy atom. The molecule has 0 radical (unpaired) electrons. The number of benzene rings is 6. The summed E-state index contributed by atoms with van der Waals surface area (Å²) in [5.74, 6) is 5.57. The number of nitrogens with two attached hydrogens (primary N) is 3. The molecule has 3 fully saturated rings. The van der Waals surface area contributed by atoms with Crippen molar-refractivity contribution < 1.29 is 28.6 Å². The summed E-state index contributed by atoms with van der Waals surface area (Å²) in [5, 5.41) is 16.8. The summed E-state index contributed by atoms with van der Waals surface area (Å²) in [5.41, 5.74) is 25.6. The van der Waals surface area contributed by atoms with Gasteiger partial charge in [-0.25, -0.2) is 43.9 Å². The number of ether oxygens (including phenoxy) is 3. The SMILES string of the molecule is C=CC(=O)C1CCC(n2nc(-c3ccc(Oc4ccccc4)cc3)c3c(N)ncnc32)C1.C=CC(=O)N1CCCC(n2nc(-c3ccc(Oc4ccccc4)cc3)c3c(N)ncnc32)C1.C=CC(=O)N1CCCC(n2nc(-c3ccc(Oc4ccccc4)cc3)c3c(N)ncnc32)C1. The number of carbonyl (C=O) groups is 3. The van der Waals surface area contributed by atoms with Crippen LogP contribution in [0.4, 0.5) is 17.5 Å². The molecule has 23 heteroatoms. The molecule has 23 nitrogen and oxygen atoms in total. The Labute approximate surface area is 564 Å². The van der Waals surface area contributed by atoms with Gasteiger partial charge in [0.25, 0.3) is 0 Å². The van der Waals surface area contributed by atoms with Crippen LogP contribution in [0.5, 0.6) is 34.5 Å². The highest BCUT2D eigenvalue weighted by atomic mass is 16.5. The number of allylic oxidation sites excluding steroid dienone is 1. The zero-order chi connectivity index (χ0) is 67.7. The Morgan fingerprint density at radius 2 is 0.724 bits per heavy atom. The molecular formula is C75H71N17O6. The molecule has 3 aliphatic rings. The van der Waals surface area contributed by atoms with Gasteiger partial charge in [-0.05, 0) is 172 Å². The number of nitrogen functional groups attached to an aromatic ring is 3. The minimum atomic E-state index is -0.0699. The highest BCUT2D eigenvalue weighted by molar-refractivity contribution is 6.00. The van der Waals surface area contributed by atoms with Crippen molar-refractivity contribution in [1.29, 1.82) is 0 Å². The first-order valence-corrected chi connectivity index (χ1v) is 32.4. The Hall–Kier alpha value is -12.4. The number of amides is 2. The molecule has 8 heterocycles. The molecule has 1 aliphatic carbocycles. The van der Waals surface area contributed by atoms with Crippen LogP contribution in [0.2, 0.25) is 0 Å². The Bertz CT molecular complexity index is 4650. The van der Waals surface area contributed by atoms with Gasteiger partial charge in [-0.2, -0.15) is 15.3 Å². The van der Waals surface area contributed by atoms with Crippen LogP contribution in [-0.4, -0.2) is 113 Å². The topological polar surface area (TPSA) is 294 Å². The molecular weight excluding hydrogens is 1230 g/mol. The van der Waals surface area contributed by atoms with E-state index in [1.54, 1.807) is 9.80 Å². The zero-order valence-electron chi connectivity index (χ0n) is 53.7. The molecule has 0 bridgehead atoms. The number of fused-ring (bicyclic) bond motifs is 3. The van der Waals surface area contributed by atoms with Crippen LogP contribution < -0.4 is 31.4 Å². The molecule has 2 saturated heterocycles. The lowest BCUT2D eigenvalue weighted by molar-refractivity contribution is -0.128. The first-order valence-electron chi connectivity index (χ1n) is 32.4. The third-order valence-corrected chi connectivity index (χ3v) is 17.7. The number of anilines is 3. The van der Waals surface area contributed by atoms with Crippen molar-refractivity contribution in [3.05, 3.63) is 221 Å². The third kappa shape index (κ3) is 13.9. The van der Waals surface area contributed by atoms with Gasteiger partial charge >= 0.3 is 0 Å². The third-order valence-electron chi connectivity index (χ3n) is 17.7. The fraction of sp³-hybridized carbons (Fsp3) is 0.200. The molecule has 12 aromatic rings. The van der Waals surface area contributed by atoms with E-state index in [9.17, 15) is 14.4 Å². The number of aromatic nitrogens is 12. The van der Waals surface area contributed by atoms with Crippen molar-refractivity contribution in [2.45, 2.75) is 63.1 Å². The fourth-order valence-corrected chi connectivity index (χ4v) is 12.8. The summed E-state index contributed by atoms with van der Waals surface area (Å²) in [6, 6.07) is 52.1. The summed E-state index contributed by atoms with van der Waals surface area (Å²) in [4.78, 5) is 66.1. The second-order valence-electron chi connectivity index (χ2n) is 23.9. The molecule has 2 amide bonds. The largest absolute Gasteiger partial charge is 0.457 e. The summed E-state index contributed by atoms with van der Waals surface area (Å²) < 4.78 is 23.4. The number of carbonyl (C=O) groups excluding carboxylic acids is 3. The van der Waals surface area contributed by atoms with Gasteiger partial charge in [0, 0.05) is 48.8 Å². The van der Waals surface area contributed by atoms with Gasteiger partial charge in [0.2, 0.25) is 11.8 Å².